The van der Waals surface area contributed by atoms with Gasteiger partial charge in [-0.25, -0.2) is 9.37 Å². The summed E-state index contributed by atoms with van der Waals surface area (Å²) < 4.78 is 27.4. The third kappa shape index (κ3) is 5.63. The van der Waals surface area contributed by atoms with E-state index in [-0.39, 0.29) is 17.7 Å². The summed E-state index contributed by atoms with van der Waals surface area (Å²) in [5.74, 6) is 0.541. The van der Waals surface area contributed by atoms with Crippen molar-refractivity contribution >= 4 is 11.5 Å². The molecule has 0 amide bonds. The van der Waals surface area contributed by atoms with Gasteiger partial charge in [-0.1, -0.05) is 0 Å². The standard InChI is InChI=1S/C27H29FN6O2/c1-4-35-20-12-21(24(28)23(13-20)36-16(2)3)25(33-19-9-7-17(8-10-19)26(29)30)27-32-15-22(34-27)18-6-5-11-31-14-18/h5-16,25,33H,4H2,1-3H3,(H3,29,30)(H,32,34). The lowest BCUT2D eigenvalue weighted by molar-refractivity contribution is 0.228. The fourth-order valence-corrected chi connectivity index (χ4v) is 3.75. The van der Waals surface area contributed by atoms with Crippen molar-refractivity contribution in [2.75, 3.05) is 11.9 Å². The SMILES string of the molecule is CCOc1cc(OC(C)C)c(F)c(C(Nc2ccc(C(=N)N)cc2)c2ncc(-c3cccnc3)[nH]2)c1. The van der Waals surface area contributed by atoms with E-state index in [9.17, 15) is 0 Å². The molecule has 0 bridgehead atoms. The summed E-state index contributed by atoms with van der Waals surface area (Å²) in [6, 6.07) is 13.3. The molecule has 5 N–H and O–H groups in total. The van der Waals surface area contributed by atoms with Gasteiger partial charge in [0.1, 0.15) is 23.5 Å². The zero-order valence-corrected chi connectivity index (χ0v) is 20.4. The fraction of sp³-hybridized carbons (Fsp3) is 0.222. The summed E-state index contributed by atoms with van der Waals surface area (Å²) in [6.07, 6.45) is 4.89. The lowest BCUT2D eigenvalue weighted by Gasteiger charge is -2.22. The Morgan fingerprint density at radius 3 is 2.58 bits per heavy atom. The van der Waals surface area contributed by atoms with Crippen LogP contribution < -0.4 is 20.5 Å². The van der Waals surface area contributed by atoms with Crippen LogP contribution in [-0.2, 0) is 0 Å². The summed E-state index contributed by atoms with van der Waals surface area (Å²) in [4.78, 5) is 12.0. The van der Waals surface area contributed by atoms with Crippen molar-refractivity contribution in [1.29, 1.82) is 5.41 Å². The molecule has 36 heavy (non-hydrogen) atoms. The topological polar surface area (TPSA) is 122 Å². The van der Waals surface area contributed by atoms with Gasteiger partial charge in [-0.05, 0) is 63.2 Å². The van der Waals surface area contributed by atoms with Gasteiger partial charge in [-0.15, -0.1) is 0 Å². The molecule has 0 fully saturated rings. The molecule has 9 heteroatoms. The molecule has 0 aliphatic heterocycles. The van der Waals surface area contributed by atoms with Crippen molar-refractivity contribution in [3.05, 3.63) is 89.9 Å². The quantitative estimate of drug-likeness (QED) is 0.178. The summed E-state index contributed by atoms with van der Waals surface area (Å²) in [5, 5.41) is 11.0. The molecule has 8 nitrogen and oxygen atoms in total. The Balaban J connectivity index is 1.81. The first kappa shape index (κ1) is 24.7. The molecule has 4 rings (SSSR count). The molecule has 0 saturated heterocycles. The number of nitrogens with one attached hydrogen (secondary N) is 3. The summed E-state index contributed by atoms with van der Waals surface area (Å²) in [6.45, 7) is 5.96. The summed E-state index contributed by atoms with van der Waals surface area (Å²) in [5.41, 5.74) is 8.78. The largest absolute Gasteiger partial charge is 0.494 e. The van der Waals surface area contributed by atoms with Crippen LogP contribution in [0.4, 0.5) is 10.1 Å². The number of nitrogens with zero attached hydrogens (tertiary/aromatic N) is 2. The minimum absolute atomic E-state index is 0.0313. The molecule has 2 aromatic heterocycles. The number of aromatic amines is 1. The van der Waals surface area contributed by atoms with Crippen molar-refractivity contribution in [1.82, 2.24) is 15.0 Å². The van der Waals surface area contributed by atoms with Crippen LogP contribution >= 0.6 is 0 Å². The number of imidazole rings is 1. The summed E-state index contributed by atoms with van der Waals surface area (Å²) in [7, 11) is 0. The molecular weight excluding hydrogens is 459 g/mol. The number of hydrogen-bond donors (Lipinski definition) is 4. The number of benzene rings is 2. The van der Waals surface area contributed by atoms with E-state index >= 15 is 4.39 Å². The lowest BCUT2D eigenvalue weighted by atomic mass is 10.0. The van der Waals surface area contributed by atoms with E-state index in [1.54, 1.807) is 55.0 Å². The number of anilines is 1. The average Bonchev–Trinajstić information content (AvgIpc) is 3.35. The van der Waals surface area contributed by atoms with Crippen LogP contribution in [-0.4, -0.2) is 33.5 Å². The first-order valence-electron chi connectivity index (χ1n) is 11.6. The number of aromatic nitrogens is 3. The molecule has 0 radical (unpaired) electrons. The highest BCUT2D eigenvalue weighted by Gasteiger charge is 2.26. The van der Waals surface area contributed by atoms with Crippen LogP contribution in [0.1, 0.15) is 43.8 Å². The van der Waals surface area contributed by atoms with Crippen LogP contribution in [0.25, 0.3) is 11.3 Å². The zero-order chi connectivity index (χ0) is 25.7. The van der Waals surface area contributed by atoms with Crippen LogP contribution in [0.3, 0.4) is 0 Å². The van der Waals surface area contributed by atoms with E-state index in [1.165, 1.54) is 0 Å². The first-order valence-corrected chi connectivity index (χ1v) is 11.6. The molecule has 1 unspecified atom stereocenters. The predicted molar refractivity (Wildman–Crippen MR) is 138 cm³/mol. The van der Waals surface area contributed by atoms with Gasteiger partial charge in [-0.2, -0.15) is 0 Å². The molecule has 0 aliphatic rings. The highest BCUT2D eigenvalue weighted by Crippen LogP contribution is 2.36. The molecule has 0 spiro atoms. The van der Waals surface area contributed by atoms with Crippen molar-refractivity contribution in [3.8, 4) is 22.8 Å². The number of ether oxygens (including phenoxy) is 2. The Bertz CT molecular complexity index is 1320. The molecule has 1 atom stereocenters. The van der Waals surface area contributed by atoms with E-state index in [1.807, 2.05) is 32.9 Å². The van der Waals surface area contributed by atoms with Crippen molar-refractivity contribution in [2.45, 2.75) is 32.9 Å². The smallest absolute Gasteiger partial charge is 0.171 e. The number of halogens is 1. The second kappa shape index (κ2) is 10.9. The average molecular weight is 489 g/mol. The second-order valence-corrected chi connectivity index (χ2v) is 8.42. The monoisotopic (exact) mass is 488 g/mol. The van der Waals surface area contributed by atoms with Gasteiger partial charge in [0.15, 0.2) is 11.6 Å². The van der Waals surface area contributed by atoms with E-state index in [4.69, 9.17) is 20.6 Å². The number of nitrogens with two attached hydrogens (primary N) is 1. The van der Waals surface area contributed by atoms with Gasteiger partial charge in [0.25, 0.3) is 0 Å². The molecular formula is C27H29FN6O2. The molecule has 2 heterocycles. The Kier molecular flexibility index (Phi) is 7.48. The van der Waals surface area contributed by atoms with Gasteiger partial charge in [0.2, 0.25) is 0 Å². The number of pyridine rings is 1. The molecule has 0 saturated carbocycles. The maximum absolute atomic E-state index is 15.9. The highest BCUT2D eigenvalue weighted by molar-refractivity contribution is 5.95. The Morgan fingerprint density at radius 2 is 1.94 bits per heavy atom. The Morgan fingerprint density at radius 1 is 1.17 bits per heavy atom. The zero-order valence-electron chi connectivity index (χ0n) is 20.4. The van der Waals surface area contributed by atoms with E-state index < -0.39 is 11.9 Å². The van der Waals surface area contributed by atoms with Crippen LogP contribution in [0.15, 0.2) is 67.1 Å². The maximum Gasteiger partial charge on any atom is 0.171 e. The molecule has 2 aromatic carbocycles. The maximum atomic E-state index is 15.9. The first-order chi connectivity index (χ1) is 17.4. The number of H-pyrrole nitrogens is 1. The van der Waals surface area contributed by atoms with Crippen molar-refractivity contribution < 1.29 is 13.9 Å². The van der Waals surface area contributed by atoms with Gasteiger partial charge in [0.05, 0.1) is 24.6 Å². The van der Waals surface area contributed by atoms with E-state index in [0.717, 1.165) is 11.3 Å². The molecule has 186 valence electrons. The number of rotatable bonds is 10. The minimum Gasteiger partial charge on any atom is -0.494 e. The minimum atomic E-state index is -0.714. The third-order valence-electron chi connectivity index (χ3n) is 5.37. The van der Waals surface area contributed by atoms with E-state index in [2.05, 4.69) is 20.3 Å². The highest BCUT2D eigenvalue weighted by atomic mass is 19.1. The van der Waals surface area contributed by atoms with Crippen molar-refractivity contribution in [3.63, 3.8) is 0 Å². The fourth-order valence-electron chi connectivity index (χ4n) is 3.75. The van der Waals surface area contributed by atoms with E-state index in [0.29, 0.717) is 35.0 Å². The van der Waals surface area contributed by atoms with Crippen LogP contribution in [0.2, 0.25) is 0 Å². The Labute approximate surface area is 209 Å². The van der Waals surface area contributed by atoms with Gasteiger partial charge in [-0.3, -0.25) is 10.4 Å². The van der Waals surface area contributed by atoms with Crippen molar-refractivity contribution in [2.24, 2.45) is 5.73 Å². The van der Waals surface area contributed by atoms with Crippen LogP contribution in [0.5, 0.6) is 11.5 Å². The molecule has 4 aromatic rings. The van der Waals surface area contributed by atoms with Gasteiger partial charge >= 0.3 is 0 Å². The lowest BCUT2D eigenvalue weighted by Crippen LogP contribution is -2.18. The number of hydrogen-bond acceptors (Lipinski definition) is 6. The third-order valence-corrected chi connectivity index (χ3v) is 5.37. The predicted octanol–water partition coefficient (Wildman–Crippen LogP) is 5.28. The Hall–Kier alpha value is -4.40. The second-order valence-electron chi connectivity index (χ2n) is 8.42. The molecule has 0 aliphatic carbocycles. The van der Waals surface area contributed by atoms with Gasteiger partial charge < -0.3 is 25.5 Å². The van der Waals surface area contributed by atoms with Gasteiger partial charge in [0, 0.05) is 40.8 Å². The summed E-state index contributed by atoms with van der Waals surface area (Å²) >= 11 is 0. The number of amidine groups is 1. The normalized spacial score (nSPS) is 11.8. The number of nitrogen functional groups attached to an aromatic ring is 1. The van der Waals surface area contributed by atoms with Crippen LogP contribution in [0, 0.1) is 11.2 Å².